The van der Waals surface area contributed by atoms with Crippen LogP contribution in [0.4, 0.5) is 17.2 Å². The van der Waals surface area contributed by atoms with Gasteiger partial charge in [0.2, 0.25) is 0 Å². The van der Waals surface area contributed by atoms with Gasteiger partial charge in [0.25, 0.3) is 0 Å². The highest BCUT2D eigenvalue weighted by atomic mass is 16.3. The molecule has 5 heteroatoms. The highest BCUT2D eigenvalue weighted by Gasteiger charge is 2.16. The lowest BCUT2D eigenvalue weighted by Crippen LogP contribution is -1.94. The topological polar surface area (TPSA) is 77.7 Å². The van der Waals surface area contributed by atoms with Crippen molar-refractivity contribution in [2.75, 3.05) is 5.32 Å². The van der Waals surface area contributed by atoms with Gasteiger partial charge in [-0.15, -0.1) is 0 Å². The molecule has 3 N–H and O–H groups in total. The van der Waals surface area contributed by atoms with Gasteiger partial charge in [-0.25, -0.2) is 4.98 Å². The number of benzene rings is 2. The summed E-state index contributed by atoms with van der Waals surface area (Å²) in [6.45, 7) is 0. The smallest absolute Gasteiger partial charge is 0.141 e. The number of nitrogens with one attached hydrogen (secondary N) is 1. The molecule has 0 aromatic heterocycles. The molecule has 132 valence electrons. The zero-order valence-corrected chi connectivity index (χ0v) is 14.4. The van der Waals surface area contributed by atoms with Gasteiger partial charge in [0.05, 0.1) is 11.4 Å². The van der Waals surface area contributed by atoms with Crippen molar-refractivity contribution in [3.63, 3.8) is 0 Å². The van der Waals surface area contributed by atoms with Crippen LogP contribution in [0.1, 0.15) is 5.56 Å². The molecular weight excluding hydrogens is 338 g/mol. The molecule has 1 heterocycles. The summed E-state index contributed by atoms with van der Waals surface area (Å²) in [6.07, 6.45) is 1.67. The highest BCUT2D eigenvalue weighted by Crippen LogP contribution is 2.34. The highest BCUT2D eigenvalue weighted by molar-refractivity contribution is 5.99. The van der Waals surface area contributed by atoms with E-state index in [1.54, 1.807) is 42.6 Å². The van der Waals surface area contributed by atoms with Crippen LogP contribution in [0.25, 0.3) is 11.3 Å². The maximum Gasteiger partial charge on any atom is 0.141 e. The van der Waals surface area contributed by atoms with Crippen LogP contribution in [0.3, 0.4) is 0 Å². The summed E-state index contributed by atoms with van der Waals surface area (Å²) in [4.78, 5) is 9.07. The van der Waals surface area contributed by atoms with E-state index in [2.05, 4.69) is 15.3 Å². The van der Waals surface area contributed by atoms with Crippen LogP contribution in [0.15, 0.2) is 83.9 Å². The average Bonchev–Trinajstić information content (AvgIpc) is 2.83. The molecule has 0 atom stereocenters. The number of hydrogen-bond donors (Lipinski definition) is 3. The summed E-state index contributed by atoms with van der Waals surface area (Å²) in [5.74, 6) is 0.828. The van der Waals surface area contributed by atoms with Crippen molar-refractivity contribution in [3.05, 3.63) is 84.4 Å². The first-order chi connectivity index (χ1) is 13.2. The van der Waals surface area contributed by atoms with E-state index in [4.69, 9.17) is 0 Å². The number of aromatic nitrogens is 1. The van der Waals surface area contributed by atoms with E-state index in [-0.39, 0.29) is 11.5 Å². The zero-order valence-electron chi connectivity index (χ0n) is 14.4. The van der Waals surface area contributed by atoms with Gasteiger partial charge in [0, 0.05) is 17.3 Å². The number of anilines is 2. The van der Waals surface area contributed by atoms with Crippen LogP contribution >= 0.6 is 0 Å². The molecule has 4 rings (SSSR count). The Kier molecular flexibility index (Phi) is 4.41. The lowest BCUT2D eigenvalue weighted by molar-refractivity contribution is 0.476. The summed E-state index contributed by atoms with van der Waals surface area (Å²) in [5.41, 5.74) is 3.52. The Morgan fingerprint density at radius 2 is 1.48 bits per heavy atom. The molecule has 2 aromatic rings. The van der Waals surface area contributed by atoms with Crippen LogP contribution in [-0.2, 0) is 0 Å². The second kappa shape index (κ2) is 7.17. The standard InChI is InChI=1S/C22H17N3O2/c26-20-12-6-4-10-18(20)23-14-16-15-8-2-1-3-9-17(15)24-22(16)25-19-11-5-7-13-21(19)27/h1-14,26-27H,(H,24,25). The van der Waals surface area contributed by atoms with Crippen molar-refractivity contribution in [1.29, 1.82) is 0 Å². The monoisotopic (exact) mass is 355 g/mol. The van der Waals surface area contributed by atoms with E-state index in [0.717, 1.165) is 16.8 Å². The first kappa shape index (κ1) is 16.6. The van der Waals surface area contributed by atoms with Crippen molar-refractivity contribution < 1.29 is 10.2 Å². The van der Waals surface area contributed by atoms with Crippen molar-refractivity contribution in [2.24, 2.45) is 4.99 Å². The predicted octanol–water partition coefficient (Wildman–Crippen LogP) is 5.09. The van der Waals surface area contributed by atoms with Crippen LogP contribution in [-0.4, -0.2) is 21.4 Å². The molecule has 0 bridgehead atoms. The fraction of sp³-hybridized carbons (Fsp3) is 0. The zero-order chi connectivity index (χ0) is 18.6. The number of aromatic hydroxyl groups is 2. The van der Waals surface area contributed by atoms with Crippen LogP contribution < -0.4 is 5.32 Å². The minimum atomic E-state index is 0.110. The summed E-state index contributed by atoms with van der Waals surface area (Å²) in [7, 11) is 0. The van der Waals surface area contributed by atoms with Crippen LogP contribution in [0, 0.1) is 0 Å². The Morgan fingerprint density at radius 3 is 2.30 bits per heavy atom. The lowest BCUT2D eigenvalue weighted by Gasteiger charge is -2.06. The molecule has 2 aliphatic rings. The van der Waals surface area contributed by atoms with Crippen molar-refractivity contribution in [2.45, 2.75) is 0 Å². The molecule has 0 amide bonds. The van der Waals surface area contributed by atoms with Gasteiger partial charge in [-0.1, -0.05) is 48.5 Å². The Hall–Kier alpha value is -3.86. The lowest BCUT2D eigenvalue weighted by atomic mass is 10.1. The fourth-order valence-corrected chi connectivity index (χ4v) is 2.81. The number of para-hydroxylation sites is 4. The number of phenols is 2. The Morgan fingerprint density at radius 1 is 0.778 bits per heavy atom. The van der Waals surface area contributed by atoms with Gasteiger partial charge in [-0.3, -0.25) is 4.99 Å². The molecule has 1 aliphatic carbocycles. The summed E-state index contributed by atoms with van der Waals surface area (Å²) < 4.78 is 0. The Labute approximate surface area is 156 Å². The SMILES string of the molecule is Oc1ccccc1N=Cc1c2cccccc-2nc1Nc1ccccc1O. The Bertz CT molecular complexity index is 1090. The maximum absolute atomic E-state index is 10.1. The van der Waals surface area contributed by atoms with E-state index in [1.165, 1.54) is 0 Å². The van der Waals surface area contributed by atoms with Gasteiger partial charge in [-0.05, 0) is 30.3 Å². The minimum Gasteiger partial charge on any atom is -0.506 e. The average molecular weight is 355 g/mol. The molecule has 0 saturated carbocycles. The van der Waals surface area contributed by atoms with E-state index >= 15 is 0 Å². The van der Waals surface area contributed by atoms with E-state index in [9.17, 15) is 10.2 Å². The van der Waals surface area contributed by atoms with E-state index < -0.39 is 0 Å². The third-order valence-corrected chi connectivity index (χ3v) is 4.16. The van der Waals surface area contributed by atoms with Gasteiger partial charge >= 0.3 is 0 Å². The molecule has 2 aromatic carbocycles. The quantitative estimate of drug-likeness (QED) is 0.352. The normalized spacial score (nSPS) is 11.1. The molecule has 0 fully saturated rings. The van der Waals surface area contributed by atoms with E-state index in [1.807, 2.05) is 42.5 Å². The van der Waals surface area contributed by atoms with Gasteiger partial charge in [-0.2, -0.15) is 0 Å². The second-order valence-corrected chi connectivity index (χ2v) is 5.97. The predicted molar refractivity (Wildman–Crippen MR) is 108 cm³/mol. The summed E-state index contributed by atoms with van der Waals surface area (Å²) in [5, 5.41) is 23.2. The first-order valence-electron chi connectivity index (χ1n) is 8.48. The maximum atomic E-state index is 10.1. The summed E-state index contributed by atoms with van der Waals surface area (Å²) in [6, 6.07) is 23.5. The second-order valence-electron chi connectivity index (χ2n) is 5.97. The Balaban J connectivity index is 1.81. The van der Waals surface area contributed by atoms with Crippen molar-refractivity contribution >= 4 is 23.4 Å². The molecule has 5 nitrogen and oxygen atoms in total. The number of rotatable bonds is 4. The minimum absolute atomic E-state index is 0.110. The van der Waals surface area contributed by atoms with Crippen LogP contribution in [0.5, 0.6) is 11.5 Å². The number of phenolic OH excluding ortho intramolecular Hbond substituents is 2. The van der Waals surface area contributed by atoms with Crippen molar-refractivity contribution in [1.82, 2.24) is 4.98 Å². The van der Waals surface area contributed by atoms with Gasteiger partial charge in [0.1, 0.15) is 23.0 Å². The molecule has 1 aliphatic heterocycles. The summed E-state index contributed by atoms with van der Waals surface area (Å²) >= 11 is 0. The van der Waals surface area contributed by atoms with Gasteiger partial charge < -0.3 is 15.5 Å². The first-order valence-corrected chi connectivity index (χ1v) is 8.48. The molecule has 0 spiro atoms. The third kappa shape index (κ3) is 3.43. The number of hydrogen-bond acceptors (Lipinski definition) is 5. The molecule has 0 unspecified atom stereocenters. The molecule has 0 saturated heterocycles. The van der Waals surface area contributed by atoms with Gasteiger partial charge in [0.15, 0.2) is 0 Å². The fourth-order valence-electron chi connectivity index (χ4n) is 2.81. The van der Waals surface area contributed by atoms with Crippen LogP contribution in [0.2, 0.25) is 0 Å². The molecule has 0 radical (unpaired) electrons. The number of nitrogens with zero attached hydrogens (tertiary/aromatic N) is 2. The number of aliphatic imine (C=N–C) groups is 1. The molecular formula is C22H17N3O2. The van der Waals surface area contributed by atoms with Crippen molar-refractivity contribution in [3.8, 4) is 22.8 Å². The number of fused-ring (bicyclic) bond motifs is 1. The van der Waals surface area contributed by atoms with E-state index in [0.29, 0.717) is 17.2 Å². The largest absolute Gasteiger partial charge is 0.506 e. The third-order valence-electron chi connectivity index (χ3n) is 4.16. The molecule has 27 heavy (non-hydrogen) atoms.